The standard InChI is InChI=1S/C17H21N3O5S/c1-25-8-7-20(14-6-9-26(23,24)12-14)11-13(10-18)17(22)19-15-4-2-3-5-16(15)21/h2-5,11,14,21H,6-9,12H2,1H3,(H,19,22)/b13-11-. The van der Waals surface area contributed by atoms with Gasteiger partial charge in [0.25, 0.3) is 5.91 Å². The molecule has 1 fully saturated rings. The molecular weight excluding hydrogens is 358 g/mol. The summed E-state index contributed by atoms with van der Waals surface area (Å²) in [6, 6.07) is 7.69. The third-order valence-electron chi connectivity index (χ3n) is 4.04. The highest BCUT2D eigenvalue weighted by Gasteiger charge is 2.31. The Bertz CT molecular complexity index is 829. The molecule has 1 aliphatic heterocycles. The maximum atomic E-state index is 12.4. The predicted molar refractivity (Wildman–Crippen MR) is 96.1 cm³/mol. The summed E-state index contributed by atoms with van der Waals surface area (Å²) in [4.78, 5) is 14.0. The molecule has 0 radical (unpaired) electrons. The molecule has 9 heteroatoms. The number of nitrogens with one attached hydrogen (secondary N) is 1. The van der Waals surface area contributed by atoms with Crippen molar-refractivity contribution in [3.8, 4) is 11.8 Å². The lowest BCUT2D eigenvalue weighted by molar-refractivity contribution is -0.112. The van der Waals surface area contributed by atoms with Gasteiger partial charge in [-0.2, -0.15) is 5.26 Å². The Balaban J connectivity index is 2.20. The molecule has 1 atom stereocenters. The minimum absolute atomic E-state index is 0.0208. The third-order valence-corrected chi connectivity index (χ3v) is 5.79. The number of hydrogen-bond donors (Lipinski definition) is 2. The molecule has 0 aliphatic carbocycles. The van der Waals surface area contributed by atoms with Crippen LogP contribution in [0.4, 0.5) is 5.69 Å². The van der Waals surface area contributed by atoms with Crippen molar-refractivity contribution < 1.29 is 23.1 Å². The summed E-state index contributed by atoms with van der Waals surface area (Å²) < 4.78 is 28.5. The molecule has 26 heavy (non-hydrogen) atoms. The highest BCUT2D eigenvalue weighted by molar-refractivity contribution is 7.91. The second-order valence-electron chi connectivity index (χ2n) is 5.91. The van der Waals surface area contributed by atoms with E-state index in [2.05, 4.69) is 5.32 Å². The van der Waals surface area contributed by atoms with Crippen LogP contribution >= 0.6 is 0 Å². The van der Waals surface area contributed by atoms with Gasteiger partial charge in [-0.15, -0.1) is 0 Å². The van der Waals surface area contributed by atoms with Crippen molar-refractivity contribution in [2.45, 2.75) is 12.5 Å². The number of aromatic hydroxyl groups is 1. The SMILES string of the molecule is COCCN(/C=C(/C#N)C(=O)Nc1ccccc1O)C1CCS(=O)(=O)C1. The van der Waals surface area contributed by atoms with E-state index in [0.29, 0.717) is 19.6 Å². The molecule has 1 aromatic carbocycles. The molecule has 1 aromatic rings. The van der Waals surface area contributed by atoms with E-state index in [1.54, 1.807) is 17.0 Å². The molecule has 1 amide bonds. The molecule has 0 spiro atoms. The number of nitriles is 1. The quantitative estimate of drug-likeness (QED) is 0.410. The molecule has 140 valence electrons. The van der Waals surface area contributed by atoms with Gasteiger partial charge in [-0.3, -0.25) is 4.79 Å². The summed E-state index contributed by atoms with van der Waals surface area (Å²) in [7, 11) is -1.59. The summed E-state index contributed by atoms with van der Waals surface area (Å²) in [5.74, 6) is -0.734. The van der Waals surface area contributed by atoms with Gasteiger partial charge in [-0.1, -0.05) is 12.1 Å². The van der Waals surface area contributed by atoms with E-state index >= 15 is 0 Å². The number of phenols is 1. The van der Waals surface area contributed by atoms with Crippen LogP contribution in [0, 0.1) is 11.3 Å². The third kappa shape index (κ3) is 5.21. The summed E-state index contributed by atoms with van der Waals surface area (Å²) >= 11 is 0. The smallest absolute Gasteiger partial charge is 0.267 e. The topological polar surface area (TPSA) is 120 Å². The number of carbonyl (C=O) groups excluding carboxylic acids is 1. The normalized spacial score (nSPS) is 18.9. The molecular formula is C17H21N3O5S. The van der Waals surface area contributed by atoms with Crippen molar-refractivity contribution in [1.82, 2.24) is 4.90 Å². The number of benzene rings is 1. The average Bonchev–Trinajstić information content (AvgIpc) is 2.97. The molecule has 0 bridgehead atoms. The number of anilines is 1. The van der Waals surface area contributed by atoms with Gasteiger partial charge in [0.15, 0.2) is 9.84 Å². The Hall–Kier alpha value is -2.57. The number of carbonyl (C=O) groups is 1. The van der Waals surface area contributed by atoms with Crippen LogP contribution in [-0.4, -0.2) is 62.1 Å². The number of nitrogens with zero attached hydrogens (tertiary/aromatic N) is 2. The number of rotatable bonds is 7. The Morgan fingerprint density at radius 3 is 2.81 bits per heavy atom. The first-order chi connectivity index (χ1) is 12.4. The molecule has 1 heterocycles. The molecule has 0 saturated carbocycles. The lowest BCUT2D eigenvalue weighted by Gasteiger charge is -2.26. The van der Waals surface area contributed by atoms with E-state index in [1.807, 2.05) is 6.07 Å². The van der Waals surface area contributed by atoms with Crippen molar-refractivity contribution in [2.24, 2.45) is 0 Å². The molecule has 1 unspecified atom stereocenters. The van der Waals surface area contributed by atoms with Gasteiger partial charge >= 0.3 is 0 Å². The Morgan fingerprint density at radius 1 is 1.50 bits per heavy atom. The van der Waals surface area contributed by atoms with E-state index in [1.165, 1.54) is 25.4 Å². The van der Waals surface area contributed by atoms with E-state index in [0.717, 1.165) is 0 Å². The summed E-state index contributed by atoms with van der Waals surface area (Å²) in [5.41, 5.74) is -0.000750. The first kappa shape index (κ1) is 19.8. The summed E-state index contributed by atoms with van der Waals surface area (Å²) in [6.45, 7) is 0.679. The predicted octanol–water partition coefficient (Wildman–Crippen LogP) is 0.874. The van der Waals surface area contributed by atoms with Gasteiger partial charge in [0.1, 0.15) is 17.4 Å². The van der Waals surface area contributed by atoms with E-state index in [9.17, 15) is 23.6 Å². The van der Waals surface area contributed by atoms with Gasteiger partial charge in [0, 0.05) is 25.9 Å². The van der Waals surface area contributed by atoms with E-state index in [-0.39, 0.29) is 34.6 Å². The second-order valence-corrected chi connectivity index (χ2v) is 8.14. The average molecular weight is 379 g/mol. The van der Waals surface area contributed by atoms with Crippen LogP contribution in [0.2, 0.25) is 0 Å². The van der Waals surface area contributed by atoms with E-state index < -0.39 is 15.7 Å². The van der Waals surface area contributed by atoms with Crippen LogP contribution in [0.15, 0.2) is 36.0 Å². The molecule has 1 saturated heterocycles. The molecule has 0 aromatic heterocycles. The van der Waals surface area contributed by atoms with Gasteiger partial charge in [0.05, 0.1) is 23.8 Å². The van der Waals surface area contributed by atoms with Crippen molar-refractivity contribution in [3.63, 3.8) is 0 Å². The fourth-order valence-corrected chi connectivity index (χ4v) is 4.40. The Kier molecular flexibility index (Phi) is 6.60. The van der Waals surface area contributed by atoms with Crippen molar-refractivity contribution in [1.29, 1.82) is 5.26 Å². The van der Waals surface area contributed by atoms with Gasteiger partial charge in [-0.25, -0.2) is 8.42 Å². The zero-order valence-corrected chi connectivity index (χ0v) is 15.2. The zero-order chi connectivity index (χ0) is 19.2. The van der Waals surface area contributed by atoms with Crippen LogP contribution in [0.3, 0.4) is 0 Å². The number of para-hydroxylation sites is 2. The second kappa shape index (κ2) is 8.69. The highest BCUT2D eigenvalue weighted by Crippen LogP contribution is 2.23. The highest BCUT2D eigenvalue weighted by atomic mass is 32.2. The van der Waals surface area contributed by atoms with Gasteiger partial charge in [0.2, 0.25) is 0 Å². The van der Waals surface area contributed by atoms with Gasteiger partial charge in [-0.05, 0) is 18.6 Å². The molecule has 1 aliphatic rings. The number of sulfone groups is 1. The van der Waals surface area contributed by atoms with E-state index in [4.69, 9.17) is 4.74 Å². The van der Waals surface area contributed by atoms with Gasteiger partial charge < -0.3 is 20.1 Å². The minimum atomic E-state index is -3.11. The fourth-order valence-electron chi connectivity index (χ4n) is 2.66. The lowest BCUT2D eigenvalue weighted by atomic mass is 10.2. The molecule has 2 rings (SSSR count). The van der Waals surface area contributed by atoms with Crippen LogP contribution in [0.5, 0.6) is 5.75 Å². The number of phenolic OH excluding ortho intramolecular Hbond substituents is 1. The number of ether oxygens (including phenoxy) is 1. The van der Waals surface area contributed by atoms with Crippen molar-refractivity contribution in [3.05, 3.63) is 36.0 Å². The first-order valence-electron chi connectivity index (χ1n) is 8.02. The Labute approximate surface area is 152 Å². The largest absolute Gasteiger partial charge is 0.506 e. The molecule has 2 N–H and O–H groups in total. The van der Waals surface area contributed by atoms with Crippen LogP contribution in [-0.2, 0) is 19.4 Å². The van der Waals surface area contributed by atoms with Crippen molar-refractivity contribution >= 4 is 21.4 Å². The maximum Gasteiger partial charge on any atom is 0.267 e. The zero-order valence-electron chi connectivity index (χ0n) is 14.4. The fraction of sp³-hybridized carbons (Fsp3) is 0.412. The Morgan fingerprint density at radius 2 is 2.23 bits per heavy atom. The minimum Gasteiger partial charge on any atom is -0.506 e. The monoisotopic (exact) mass is 379 g/mol. The lowest BCUT2D eigenvalue weighted by Crippen LogP contribution is -2.35. The summed E-state index contributed by atoms with van der Waals surface area (Å²) in [6.07, 6.45) is 1.79. The van der Waals surface area contributed by atoms with Crippen molar-refractivity contribution in [2.75, 3.05) is 37.1 Å². The summed E-state index contributed by atoms with van der Waals surface area (Å²) in [5, 5.41) is 21.6. The van der Waals surface area contributed by atoms with Crippen LogP contribution < -0.4 is 5.32 Å². The maximum absolute atomic E-state index is 12.4. The number of amides is 1. The number of methoxy groups -OCH3 is 1. The van der Waals surface area contributed by atoms with Crippen LogP contribution in [0.25, 0.3) is 0 Å². The molecule has 8 nitrogen and oxygen atoms in total. The van der Waals surface area contributed by atoms with Crippen LogP contribution in [0.1, 0.15) is 6.42 Å². The number of hydrogen-bond acceptors (Lipinski definition) is 7. The first-order valence-corrected chi connectivity index (χ1v) is 9.85.